The highest BCUT2D eigenvalue weighted by molar-refractivity contribution is 7.93. The Morgan fingerprint density at radius 1 is 1.12 bits per heavy atom. The second kappa shape index (κ2) is 6.58. The first kappa shape index (κ1) is 18.2. The molecule has 2 fully saturated rings. The zero-order chi connectivity index (χ0) is 18.2. The van der Waals surface area contributed by atoms with Crippen LogP contribution in [0.2, 0.25) is 0 Å². The lowest BCUT2D eigenvalue weighted by Crippen LogP contribution is -2.42. The van der Waals surface area contributed by atoms with Crippen molar-refractivity contribution in [2.45, 2.75) is 24.2 Å². The molecule has 1 aromatic rings. The summed E-state index contributed by atoms with van der Waals surface area (Å²) in [5.74, 6) is -1.59. The average Bonchev–Trinajstić information content (AvgIpc) is 2.94. The molecule has 1 aromatic carbocycles. The number of rotatable bonds is 4. The van der Waals surface area contributed by atoms with Gasteiger partial charge in [-0.3, -0.25) is 9.10 Å². The zero-order valence-electron chi connectivity index (χ0n) is 13.5. The minimum absolute atomic E-state index is 0.0406. The summed E-state index contributed by atoms with van der Waals surface area (Å²) < 4.78 is 51.8. The lowest BCUT2D eigenvalue weighted by molar-refractivity contribution is -0.142. The molecular formula is C15H20N2O6S2. The van der Waals surface area contributed by atoms with Crippen molar-refractivity contribution in [3.05, 3.63) is 24.3 Å². The quantitative estimate of drug-likeness (QED) is 0.813. The number of piperidine rings is 1. The number of carbonyl (C=O) groups is 1. The molecule has 2 aliphatic rings. The van der Waals surface area contributed by atoms with Gasteiger partial charge in [-0.2, -0.15) is 4.31 Å². The summed E-state index contributed by atoms with van der Waals surface area (Å²) in [6.45, 7) is 0.634. The molecular weight excluding hydrogens is 368 g/mol. The van der Waals surface area contributed by atoms with Gasteiger partial charge < -0.3 is 5.11 Å². The van der Waals surface area contributed by atoms with Crippen molar-refractivity contribution < 1.29 is 26.7 Å². The van der Waals surface area contributed by atoms with E-state index in [-0.39, 0.29) is 23.7 Å². The maximum Gasteiger partial charge on any atom is 0.307 e. The van der Waals surface area contributed by atoms with Crippen molar-refractivity contribution in [1.82, 2.24) is 4.31 Å². The standard InChI is InChI=1S/C15H20N2O6S2/c18-15(19)12-3-1-8-16(11-12)25(22,23)14-6-4-13(5-7-14)17-9-2-10-24(17,20)21/h4-7,12H,1-3,8-11H2,(H,18,19). The molecule has 138 valence electrons. The lowest BCUT2D eigenvalue weighted by atomic mass is 10.0. The van der Waals surface area contributed by atoms with Crippen LogP contribution < -0.4 is 4.31 Å². The molecule has 2 saturated heterocycles. The van der Waals surface area contributed by atoms with E-state index >= 15 is 0 Å². The highest BCUT2D eigenvalue weighted by atomic mass is 32.2. The van der Waals surface area contributed by atoms with Crippen LogP contribution in [0.4, 0.5) is 5.69 Å². The fraction of sp³-hybridized carbons (Fsp3) is 0.533. The monoisotopic (exact) mass is 388 g/mol. The van der Waals surface area contributed by atoms with Gasteiger partial charge in [-0.1, -0.05) is 0 Å². The molecule has 0 spiro atoms. The molecule has 0 radical (unpaired) electrons. The SMILES string of the molecule is O=C(O)C1CCCN(S(=O)(=O)c2ccc(N3CCCS3(=O)=O)cc2)C1. The molecule has 25 heavy (non-hydrogen) atoms. The third-order valence-electron chi connectivity index (χ3n) is 4.60. The highest BCUT2D eigenvalue weighted by Gasteiger charge is 2.34. The van der Waals surface area contributed by atoms with E-state index in [1.54, 1.807) is 0 Å². The molecule has 0 amide bonds. The van der Waals surface area contributed by atoms with Crippen LogP contribution in [-0.2, 0) is 24.8 Å². The van der Waals surface area contributed by atoms with Gasteiger partial charge in [0.15, 0.2) is 0 Å². The van der Waals surface area contributed by atoms with E-state index in [9.17, 15) is 21.6 Å². The van der Waals surface area contributed by atoms with Crippen LogP contribution in [0.1, 0.15) is 19.3 Å². The van der Waals surface area contributed by atoms with Gasteiger partial charge in [-0.15, -0.1) is 0 Å². The maximum atomic E-state index is 12.7. The predicted molar refractivity (Wildman–Crippen MR) is 91.3 cm³/mol. The summed E-state index contributed by atoms with van der Waals surface area (Å²) in [7, 11) is -7.11. The normalized spacial score (nSPS) is 24.3. The lowest BCUT2D eigenvalue weighted by Gasteiger charge is -2.30. The van der Waals surface area contributed by atoms with Gasteiger partial charge >= 0.3 is 5.97 Å². The fourth-order valence-electron chi connectivity index (χ4n) is 3.23. The van der Waals surface area contributed by atoms with Gasteiger partial charge in [-0.05, 0) is 43.5 Å². The Morgan fingerprint density at radius 2 is 1.80 bits per heavy atom. The molecule has 2 aliphatic heterocycles. The van der Waals surface area contributed by atoms with E-state index in [4.69, 9.17) is 5.11 Å². The Bertz CT molecular complexity index is 864. The third kappa shape index (κ3) is 3.51. The Labute approximate surface area is 147 Å². The number of aliphatic carboxylic acids is 1. The van der Waals surface area contributed by atoms with Crippen LogP contribution in [0.3, 0.4) is 0 Å². The molecule has 0 aromatic heterocycles. The topological polar surface area (TPSA) is 112 Å². The smallest absolute Gasteiger partial charge is 0.307 e. The number of carboxylic acids is 1. The van der Waals surface area contributed by atoms with Gasteiger partial charge in [0.25, 0.3) is 0 Å². The van der Waals surface area contributed by atoms with Crippen molar-refractivity contribution in [2.24, 2.45) is 5.92 Å². The zero-order valence-corrected chi connectivity index (χ0v) is 15.2. The van der Waals surface area contributed by atoms with Gasteiger partial charge in [0.2, 0.25) is 20.0 Å². The Morgan fingerprint density at radius 3 is 2.36 bits per heavy atom. The minimum Gasteiger partial charge on any atom is -0.481 e. The second-order valence-corrected chi connectivity index (χ2v) is 10.2. The summed E-state index contributed by atoms with van der Waals surface area (Å²) in [5, 5.41) is 9.12. The van der Waals surface area contributed by atoms with Crippen molar-refractivity contribution in [2.75, 3.05) is 29.7 Å². The van der Waals surface area contributed by atoms with Crippen molar-refractivity contribution >= 4 is 31.7 Å². The summed E-state index contributed by atoms with van der Waals surface area (Å²) in [4.78, 5) is 11.2. The van der Waals surface area contributed by atoms with E-state index in [0.29, 0.717) is 31.5 Å². The van der Waals surface area contributed by atoms with Crippen molar-refractivity contribution in [1.29, 1.82) is 0 Å². The van der Waals surface area contributed by atoms with E-state index in [2.05, 4.69) is 0 Å². The molecule has 0 saturated carbocycles. The largest absolute Gasteiger partial charge is 0.481 e. The number of carboxylic acid groups (broad SMARTS) is 1. The van der Waals surface area contributed by atoms with Crippen molar-refractivity contribution in [3.63, 3.8) is 0 Å². The average molecular weight is 388 g/mol. The molecule has 1 unspecified atom stereocenters. The minimum atomic E-state index is -3.80. The Hall–Kier alpha value is -1.65. The van der Waals surface area contributed by atoms with Gasteiger partial charge in [0.05, 0.1) is 22.3 Å². The summed E-state index contributed by atoms with van der Waals surface area (Å²) in [5.41, 5.74) is 0.443. The van der Waals surface area contributed by atoms with Crippen LogP contribution >= 0.6 is 0 Å². The first-order chi connectivity index (χ1) is 11.7. The molecule has 0 aliphatic carbocycles. The van der Waals surface area contributed by atoms with E-state index in [0.717, 1.165) is 0 Å². The molecule has 3 rings (SSSR count). The first-order valence-electron chi connectivity index (χ1n) is 8.05. The number of nitrogens with zero attached hydrogens (tertiary/aromatic N) is 2. The van der Waals surface area contributed by atoms with Crippen molar-refractivity contribution in [3.8, 4) is 0 Å². The number of anilines is 1. The maximum absolute atomic E-state index is 12.7. The molecule has 8 nitrogen and oxygen atoms in total. The van der Waals surface area contributed by atoms with Crippen LogP contribution in [0.15, 0.2) is 29.2 Å². The summed E-state index contributed by atoms with van der Waals surface area (Å²) in [6, 6.07) is 5.72. The second-order valence-electron chi connectivity index (χ2n) is 6.28. The highest BCUT2D eigenvalue weighted by Crippen LogP contribution is 2.28. The first-order valence-corrected chi connectivity index (χ1v) is 11.1. The van der Waals surface area contributed by atoms with Crippen LogP contribution in [0, 0.1) is 5.92 Å². The molecule has 10 heteroatoms. The fourth-order valence-corrected chi connectivity index (χ4v) is 6.31. The van der Waals surface area contributed by atoms with Crippen LogP contribution in [0.5, 0.6) is 0 Å². The van der Waals surface area contributed by atoms with Crippen LogP contribution in [0.25, 0.3) is 0 Å². The predicted octanol–water partition coefficient (Wildman–Crippen LogP) is 0.712. The number of hydrogen-bond acceptors (Lipinski definition) is 5. The number of benzene rings is 1. The third-order valence-corrected chi connectivity index (χ3v) is 8.34. The summed E-state index contributed by atoms with van der Waals surface area (Å²) in [6.07, 6.45) is 1.51. The van der Waals surface area contributed by atoms with E-state index in [1.807, 2.05) is 0 Å². The Kier molecular flexibility index (Phi) is 4.78. The van der Waals surface area contributed by atoms with Gasteiger partial charge in [0, 0.05) is 19.6 Å². The summed E-state index contributed by atoms with van der Waals surface area (Å²) >= 11 is 0. The van der Waals surface area contributed by atoms with E-state index in [1.165, 1.54) is 32.9 Å². The Balaban J connectivity index is 1.82. The van der Waals surface area contributed by atoms with Crippen LogP contribution in [-0.4, -0.2) is 57.6 Å². The number of hydrogen-bond donors (Lipinski definition) is 1. The molecule has 1 N–H and O–H groups in total. The van der Waals surface area contributed by atoms with Gasteiger partial charge in [-0.25, -0.2) is 16.8 Å². The van der Waals surface area contributed by atoms with E-state index < -0.39 is 31.9 Å². The number of sulfonamides is 2. The molecule has 1 atom stereocenters. The molecule has 2 heterocycles. The molecule has 0 bridgehead atoms. The van der Waals surface area contributed by atoms with Gasteiger partial charge in [0.1, 0.15) is 0 Å².